The van der Waals surface area contributed by atoms with Crippen molar-refractivity contribution in [1.29, 1.82) is 0 Å². The van der Waals surface area contributed by atoms with Crippen LogP contribution in [-0.4, -0.2) is 74.3 Å². The van der Waals surface area contributed by atoms with Gasteiger partial charge in [-0.05, 0) is 21.0 Å². The van der Waals surface area contributed by atoms with Gasteiger partial charge in [0.15, 0.2) is 0 Å². The highest BCUT2D eigenvalue weighted by molar-refractivity contribution is 5.72. The largest absolute Gasteiger partial charge is 0.544 e. The molecule has 0 aliphatic carbocycles. The Balaban J connectivity index is 0. The molecule has 0 aliphatic heterocycles. The van der Waals surface area contributed by atoms with Gasteiger partial charge in [0, 0.05) is 0 Å². The molecule has 0 heterocycles. The van der Waals surface area contributed by atoms with Crippen molar-refractivity contribution in [2.45, 2.75) is 13.0 Å². The number of rotatable bonds is 4. The van der Waals surface area contributed by atoms with E-state index in [9.17, 15) is 14.7 Å². The summed E-state index contributed by atoms with van der Waals surface area (Å²) in [5.41, 5.74) is 0. The summed E-state index contributed by atoms with van der Waals surface area (Å²) in [6.07, 6.45) is 0. The maximum absolute atomic E-state index is 10.1. The third kappa shape index (κ3) is 12.9. The standard InChI is InChI=1S/2C5H11NO2/c1-6(2,3)4-5(7)8;1-4(5(7)8)6(2)3/h4H2,1-3H3;4H,1-3H3,(H,7,8). The summed E-state index contributed by atoms with van der Waals surface area (Å²) in [6.45, 7) is 1.71. The van der Waals surface area contributed by atoms with E-state index < -0.39 is 11.9 Å². The molecule has 96 valence electrons. The van der Waals surface area contributed by atoms with E-state index in [1.807, 2.05) is 0 Å². The zero-order chi connectivity index (χ0) is 13.5. The maximum atomic E-state index is 10.1. The Morgan fingerprint density at radius 1 is 1.31 bits per heavy atom. The Labute approximate surface area is 96.7 Å². The second-order valence-corrected chi connectivity index (χ2v) is 4.80. The monoisotopic (exact) mass is 234 g/mol. The molecule has 0 saturated heterocycles. The summed E-state index contributed by atoms with van der Waals surface area (Å²) in [7, 11) is 8.87. The molecule has 1 N–H and O–H groups in total. The van der Waals surface area contributed by atoms with Crippen LogP contribution >= 0.6 is 0 Å². The van der Waals surface area contributed by atoms with Gasteiger partial charge in [-0.2, -0.15) is 0 Å². The normalized spacial score (nSPS) is 12.7. The van der Waals surface area contributed by atoms with E-state index >= 15 is 0 Å². The van der Waals surface area contributed by atoms with Crippen LogP contribution in [-0.2, 0) is 9.59 Å². The Hall–Kier alpha value is -1.14. The quantitative estimate of drug-likeness (QED) is 0.596. The van der Waals surface area contributed by atoms with Crippen molar-refractivity contribution in [3.05, 3.63) is 0 Å². The Bertz CT molecular complexity index is 233. The summed E-state index contributed by atoms with van der Waals surface area (Å²) in [4.78, 5) is 21.6. The minimum Gasteiger partial charge on any atom is -0.544 e. The molecule has 0 fully saturated rings. The molecule has 0 saturated carbocycles. The highest BCUT2D eigenvalue weighted by atomic mass is 16.4. The first kappa shape index (κ1) is 17.3. The highest BCUT2D eigenvalue weighted by Gasteiger charge is 2.11. The van der Waals surface area contributed by atoms with Crippen molar-refractivity contribution in [3.63, 3.8) is 0 Å². The van der Waals surface area contributed by atoms with Gasteiger partial charge < -0.3 is 19.5 Å². The SMILES string of the molecule is CC(C(=O)O)N(C)C.C[N+](C)(C)CC(=O)[O-]. The summed E-state index contributed by atoms with van der Waals surface area (Å²) < 4.78 is 0.419. The summed E-state index contributed by atoms with van der Waals surface area (Å²) in [5, 5.41) is 18.2. The zero-order valence-electron chi connectivity index (χ0n) is 10.9. The average molecular weight is 234 g/mol. The number of hydrogen-bond donors (Lipinski definition) is 1. The molecule has 0 aromatic rings. The van der Waals surface area contributed by atoms with Crippen molar-refractivity contribution in [1.82, 2.24) is 4.90 Å². The molecule has 1 atom stereocenters. The van der Waals surface area contributed by atoms with E-state index in [1.165, 1.54) is 0 Å². The lowest BCUT2D eigenvalue weighted by Gasteiger charge is -2.23. The number of nitrogens with zero attached hydrogens (tertiary/aromatic N) is 2. The molecule has 0 aromatic carbocycles. The van der Waals surface area contributed by atoms with Gasteiger partial charge in [0.25, 0.3) is 0 Å². The smallest absolute Gasteiger partial charge is 0.320 e. The fraction of sp³-hybridized carbons (Fsp3) is 0.800. The molecule has 0 aliphatic rings. The lowest BCUT2D eigenvalue weighted by atomic mass is 10.3. The Morgan fingerprint density at radius 2 is 1.69 bits per heavy atom. The molecule has 0 radical (unpaired) electrons. The third-order valence-electron chi connectivity index (χ3n) is 1.74. The van der Waals surface area contributed by atoms with Crippen molar-refractivity contribution >= 4 is 11.9 Å². The number of carboxylic acid groups (broad SMARTS) is 2. The van der Waals surface area contributed by atoms with E-state index in [2.05, 4.69) is 0 Å². The third-order valence-corrected chi connectivity index (χ3v) is 1.74. The first-order valence-corrected chi connectivity index (χ1v) is 4.87. The number of carboxylic acids is 2. The fourth-order valence-electron chi connectivity index (χ4n) is 0.608. The Morgan fingerprint density at radius 3 is 1.69 bits per heavy atom. The van der Waals surface area contributed by atoms with E-state index in [1.54, 1.807) is 47.1 Å². The summed E-state index contributed by atoms with van der Waals surface area (Å²) in [6, 6.07) is -0.380. The summed E-state index contributed by atoms with van der Waals surface area (Å²) in [5.74, 6) is -1.78. The van der Waals surface area contributed by atoms with Gasteiger partial charge >= 0.3 is 5.97 Å². The van der Waals surface area contributed by atoms with Gasteiger partial charge in [-0.15, -0.1) is 0 Å². The molecule has 6 heteroatoms. The van der Waals surface area contributed by atoms with Crippen molar-refractivity contribution in [2.75, 3.05) is 41.8 Å². The minimum absolute atomic E-state index is 0.0694. The lowest BCUT2D eigenvalue weighted by molar-refractivity contribution is -0.864. The van der Waals surface area contributed by atoms with Gasteiger partial charge in [0.2, 0.25) is 0 Å². The molecule has 0 amide bonds. The van der Waals surface area contributed by atoms with Crippen molar-refractivity contribution in [3.8, 4) is 0 Å². The predicted octanol–water partition coefficient (Wildman–Crippen LogP) is -1.54. The van der Waals surface area contributed by atoms with Crippen LogP contribution < -0.4 is 5.11 Å². The van der Waals surface area contributed by atoms with Crippen LogP contribution in [0, 0.1) is 0 Å². The number of likely N-dealkylation sites (N-methyl/N-ethyl adjacent to an activating group) is 2. The second kappa shape index (κ2) is 7.19. The van der Waals surface area contributed by atoms with Crippen LogP contribution in [0.15, 0.2) is 0 Å². The number of carbonyl (C=O) groups excluding carboxylic acids is 1. The molecule has 6 nitrogen and oxygen atoms in total. The van der Waals surface area contributed by atoms with E-state index in [0.717, 1.165) is 0 Å². The number of carbonyl (C=O) groups is 2. The highest BCUT2D eigenvalue weighted by Crippen LogP contribution is 1.88. The average Bonchev–Trinajstić information content (AvgIpc) is 1.98. The summed E-state index contributed by atoms with van der Waals surface area (Å²) >= 11 is 0. The van der Waals surface area contributed by atoms with Crippen LogP contribution in [0.2, 0.25) is 0 Å². The molecule has 0 bridgehead atoms. The molecule has 16 heavy (non-hydrogen) atoms. The lowest BCUT2D eigenvalue weighted by Crippen LogP contribution is -2.45. The minimum atomic E-state index is -1.00. The van der Waals surface area contributed by atoms with E-state index in [4.69, 9.17) is 5.11 Å². The van der Waals surface area contributed by atoms with Crippen LogP contribution in [0.1, 0.15) is 6.92 Å². The van der Waals surface area contributed by atoms with Gasteiger partial charge in [-0.1, -0.05) is 0 Å². The molecule has 0 rings (SSSR count). The van der Waals surface area contributed by atoms with Gasteiger partial charge in [0.05, 0.1) is 27.1 Å². The number of aliphatic carboxylic acids is 2. The topological polar surface area (TPSA) is 80.7 Å². The first-order chi connectivity index (χ1) is 6.97. The van der Waals surface area contributed by atoms with E-state index in [0.29, 0.717) is 4.48 Å². The van der Waals surface area contributed by atoms with Crippen LogP contribution in [0.3, 0.4) is 0 Å². The van der Waals surface area contributed by atoms with Gasteiger partial charge in [-0.25, -0.2) is 0 Å². The molecule has 0 aromatic heterocycles. The van der Waals surface area contributed by atoms with Crippen molar-refractivity contribution < 1.29 is 24.3 Å². The van der Waals surface area contributed by atoms with Crippen LogP contribution in [0.4, 0.5) is 0 Å². The number of quaternary nitrogens is 1. The van der Waals surface area contributed by atoms with Crippen LogP contribution in [0.25, 0.3) is 0 Å². The van der Waals surface area contributed by atoms with E-state index in [-0.39, 0.29) is 12.6 Å². The first-order valence-electron chi connectivity index (χ1n) is 4.87. The maximum Gasteiger partial charge on any atom is 0.320 e. The predicted molar refractivity (Wildman–Crippen MR) is 58.7 cm³/mol. The number of hydrogen-bond acceptors (Lipinski definition) is 4. The van der Waals surface area contributed by atoms with Crippen molar-refractivity contribution in [2.24, 2.45) is 0 Å². The molecular weight excluding hydrogens is 212 g/mol. The Kier molecular flexibility index (Phi) is 7.75. The molecule has 0 spiro atoms. The molecule has 1 unspecified atom stereocenters. The van der Waals surface area contributed by atoms with Crippen LogP contribution in [0.5, 0.6) is 0 Å². The zero-order valence-corrected chi connectivity index (χ0v) is 10.9. The second-order valence-electron chi connectivity index (χ2n) is 4.80. The molecular formula is C10H22N2O4. The fourth-order valence-corrected chi connectivity index (χ4v) is 0.608. The van der Waals surface area contributed by atoms with Gasteiger partial charge in [0.1, 0.15) is 12.6 Å². The van der Waals surface area contributed by atoms with Gasteiger partial charge in [-0.3, -0.25) is 9.69 Å².